The fourth-order valence-electron chi connectivity index (χ4n) is 4.50. The van der Waals surface area contributed by atoms with Crippen LogP contribution in [0, 0.1) is 5.41 Å². The Morgan fingerprint density at radius 2 is 1.82 bits per heavy atom. The van der Waals surface area contributed by atoms with Crippen LogP contribution in [-0.4, -0.2) is 49.4 Å². The third kappa shape index (κ3) is 4.01. The summed E-state index contributed by atoms with van der Waals surface area (Å²) < 4.78 is 38.6. The number of halogens is 3. The van der Waals surface area contributed by atoms with Crippen LogP contribution in [0.3, 0.4) is 0 Å². The quantitative estimate of drug-likeness (QED) is 0.832. The molecular formula is C20H26F3N5. The van der Waals surface area contributed by atoms with Crippen molar-refractivity contribution in [3.05, 3.63) is 23.8 Å². The van der Waals surface area contributed by atoms with E-state index in [0.717, 1.165) is 44.8 Å². The Balaban J connectivity index is 1.65. The van der Waals surface area contributed by atoms with Gasteiger partial charge in [0.25, 0.3) is 0 Å². The number of hydrogen-bond donors (Lipinski definition) is 2. The zero-order valence-electron chi connectivity index (χ0n) is 16.1. The van der Waals surface area contributed by atoms with E-state index >= 15 is 0 Å². The first kappa shape index (κ1) is 19.2. The number of anilines is 2. The van der Waals surface area contributed by atoms with Crippen LogP contribution in [0.4, 0.5) is 24.9 Å². The average Bonchev–Trinajstić information content (AvgIpc) is 2.67. The van der Waals surface area contributed by atoms with Crippen LogP contribution >= 0.6 is 0 Å². The lowest BCUT2D eigenvalue weighted by Crippen LogP contribution is -2.45. The van der Waals surface area contributed by atoms with E-state index in [4.69, 9.17) is 0 Å². The minimum absolute atomic E-state index is 0.244. The second-order valence-electron chi connectivity index (χ2n) is 8.00. The predicted octanol–water partition coefficient (Wildman–Crippen LogP) is 3.75. The third-order valence-electron chi connectivity index (χ3n) is 6.16. The molecule has 1 spiro atoms. The summed E-state index contributed by atoms with van der Waals surface area (Å²) in [5, 5.41) is 7.10. The van der Waals surface area contributed by atoms with Gasteiger partial charge in [0.05, 0.1) is 11.9 Å². The van der Waals surface area contributed by atoms with Crippen LogP contribution in [0.2, 0.25) is 0 Å². The molecule has 0 unspecified atom stereocenters. The van der Waals surface area contributed by atoms with E-state index < -0.39 is 12.6 Å². The topological polar surface area (TPSA) is 53.1 Å². The normalized spacial score (nSPS) is 19.9. The molecular weight excluding hydrogens is 367 g/mol. The van der Waals surface area contributed by atoms with E-state index in [2.05, 4.69) is 25.5 Å². The Labute approximate surface area is 162 Å². The largest absolute Gasteiger partial charge is 0.393 e. The first-order valence-electron chi connectivity index (χ1n) is 9.88. The summed E-state index contributed by atoms with van der Waals surface area (Å²) in [4.78, 5) is 11.3. The van der Waals surface area contributed by atoms with Crippen molar-refractivity contribution in [2.45, 2.75) is 38.3 Å². The molecule has 2 fully saturated rings. The molecule has 2 aromatic rings. The Morgan fingerprint density at radius 3 is 2.46 bits per heavy atom. The number of rotatable bonds is 3. The maximum Gasteiger partial charge on any atom is 0.393 e. The molecule has 0 saturated carbocycles. The predicted molar refractivity (Wildman–Crippen MR) is 105 cm³/mol. The van der Waals surface area contributed by atoms with Gasteiger partial charge >= 0.3 is 6.18 Å². The number of benzene rings is 1. The summed E-state index contributed by atoms with van der Waals surface area (Å²) in [5.74, 6) is 1.23. The van der Waals surface area contributed by atoms with Crippen molar-refractivity contribution in [2.24, 2.45) is 5.41 Å². The lowest BCUT2D eigenvalue weighted by molar-refractivity contribution is -0.127. The van der Waals surface area contributed by atoms with Crippen LogP contribution in [-0.2, 0) is 6.42 Å². The lowest BCUT2D eigenvalue weighted by Gasteiger charge is -2.45. The standard InChI is InChI=1S/C20H26F3N5/c1-24-18-26-16-3-2-14(13-20(21,22)23)12-15(16)17(27-18)28-10-6-19(7-11-28)4-8-25-9-5-19/h2-3,12,25H,4-11,13H2,1H3,(H,24,26,27). The number of hydrogen-bond acceptors (Lipinski definition) is 5. The summed E-state index contributed by atoms with van der Waals surface area (Å²) in [6.45, 7) is 3.89. The molecule has 5 nitrogen and oxygen atoms in total. The molecule has 1 aromatic heterocycles. The van der Waals surface area contributed by atoms with Gasteiger partial charge in [0.1, 0.15) is 5.82 Å². The highest BCUT2D eigenvalue weighted by atomic mass is 19.4. The first-order chi connectivity index (χ1) is 13.4. The van der Waals surface area contributed by atoms with E-state index in [1.807, 2.05) is 0 Å². The van der Waals surface area contributed by atoms with E-state index in [9.17, 15) is 13.2 Å². The fraction of sp³-hybridized carbons (Fsp3) is 0.600. The summed E-state index contributed by atoms with van der Waals surface area (Å²) in [6, 6.07) is 4.78. The number of nitrogens with one attached hydrogen (secondary N) is 2. The molecule has 1 aromatic carbocycles. The Hall–Kier alpha value is -2.09. The molecule has 0 aliphatic carbocycles. The number of piperidine rings is 2. The summed E-state index contributed by atoms with van der Waals surface area (Å²) in [7, 11) is 1.75. The monoisotopic (exact) mass is 393 g/mol. The van der Waals surface area contributed by atoms with Gasteiger partial charge in [0.2, 0.25) is 5.95 Å². The van der Waals surface area contributed by atoms with Crippen molar-refractivity contribution < 1.29 is 13.2 Å². The Kier molecular flexibility index (Phi) is 5.07. The highest BCUT2D eigenvalue weighted by Crippen LogP contribution is 2.41. The molecule has 3 heterocycles. The van der Waals surface area contributed by atoms with Crippen LogP contribution in [0.1, 0.15) is 31.2 Å². The van der Waals surface area contributed by atoms with E-state index in [-0.39, 0.29) is 5.56 Å². The van der Waals surface area contributed by atoms with Gasteiger partial charge in [-0.3, -0.25) is 0 Å². The van der Waals surface area contributed by atoms with Crippen molar-refractivity contribution in [3.8, 4) is 0 Å². The Morgan fingerprint density at radius 1 is 1.11 bits per heavy atom. The zero-order chi connectivity index (χ0) is 19.8. The van der Waals surface area contributed by atoms with Crippen molar-refractivity contribution in [1.82, 2.24) is 15.3 Å². The van der Waals surface area contributed by atoms with Crippen LogP contribution in [0.25, 0.3) is 10.9 Å². The maximum atomic E-state index is 12.9. The van der Waals surface area contributed by atoms with Gasteiger partial charge in [0.15, 0.2) is 0 Å². The molecule has 28 heavy (non-hydrogen) atoms. The fourth-order valence-corrected chi connectivity index (χ4v) is 4.50. The van der Waals surface area contributed by atoms with Crippen LogP contribution < -0.4 is 15.5 Å². The van der Waals surface area contributed by atoms with Crippen LogP contribution in [0.15, 0.2) is 18.2 Å². The molecule has 2 aliphatic rings. The molecule has 2 saturated heterocycles. The van der Waals surface area contributed by atoms with Crippen molar-refractivity contribution in [2.75, 3.05) is 43.4 Å². The summed E-state index contributed by atoms with van der Waals surface area (Å²) in [6.07, 6.45) is -0.585. The summed E-state index contributed by atoms with van der Waals surface area (Å²) in [5.41, 5.74) is 1.31. The number of aromatic nitrogens is 2. The van der Waals surface area contributed by atoms with Gasteiger partial charge in [0, 0.05) is 25.5 Å². The van der Waals surface area contributed by atoms with Gasteiger partial charge in [-0.15, -0.1) is 0 Å². The minimum Gasteiger partial charge on any atom is -0.357 e. The van der Waals surface area contributed by atoms with Gasteiger partial charge in [-0.25, -0.2) is 4.98 Å². The number of nitrogens with zero attached hydrogens (tertiary/aromatic N) is 3. The van der Waals surface area contributed by atoms with Gasteiger partial charge in [-0.05, 0) is 61.9 Å². The smallest absolute Gasteiger partial charge is 0.357 e. The van der Waals surface area contributed by atoms with E-state index in [0.29, 0.717) is 22.3 Å². The minimum atomic E-state index is -4.23. The maximum absolute atomic E-state index is 12.9. The van der Waals surface area contributed by atoms with Gasteiger partial charge in [-0.1, -0.05) is 6.07 Å². The Bertz CT molecular complexity index is 836. The molecule has 0 bridgehead atoms. The second kappa shape index (κ2) is 7.39. The molecule has 0 radical (unpaired) electrons. The van der Waals surface area contributed by atoms with Crippen molar-refractivity contribution >= 4 is 22.7 Å². The highest BCUT2D eigenvalue weighted by Gasteiger charge is 2.36. The molecule has 152 valence electrons. The first-order valence-corrected chi connectivity index (χ1v) is 9.88. The number of fused-ring (bicyclic) bond motifs is 1. The lowest BCUT2D eigenvalue weighted by atomic mass is 9.71. The van der Waals surface area contributed by atoms with E-state index in [1.54, 1.807) is 19.2 Å². The third-order valence-corrected chi connectivity index (χ3v) is 6.16. The van der Waals surface area contributed by atoms with Gasteiger partial charge < -0.3 is 15.5 Å². The molecule has 2 aliphatic heterocycles. The van der Waals surface area contributed by atoms with Crippen molar-refractivity contribution in [1.29, 1.82) is 0 Å². The van der Waals surface area contributed by atoms with Gasteiger partial charge in [-0.2, -0.15) is 18.2 Å². The van der Waals surface area contributed by atoms with Crippen molar-refractivity contribution in [3.63, 3.8) is 0 Å². The molecule has 8 heteroatoms. The molecule has 0 atom stereocenters. The summed E-state index contributed by atoms with van der Waals surface area (Å²) >= 11 is 0. The zero-order valence-corrected chi connectivity index (χ0v) is 16.1. The second-order valence-corrected chi connectivity index (χ2v) is 8.00. The molecule has 2 N–H and O–H groups in total. The SMILES string of the molecule is CNc1nc(N2CCC3(CCNCC3)CC2)c2cc(CC(F)(F)F)ccc2n1. The molecule has 4 rings (SSSR count). The average molecular weight is 393 g/mol. The van der Waals surface area contributed by atoms with Crippen LogP contribution in [0.5, 0.6) is 0 Å². The number of alkyl halides is 3. The molecule has 0 amide bonds. The van der Waals surface area contributed by atoms with E-state index in [1.165, 1.54) is 18.9 Å². The highest BCUT2D eigenvalue weighted by molar-refractivity contribution is 5.91.